The third-order valence-corrected chi connectivity index (χ3v) is 5.88. The van der Waals surface area contributed by atoms with Gasteiger partial charge in [-0.15, -0.1) is 0 Å². The van der Waals surface area contributed by atoms with Crippen LogP contribution in [0.3, 0.4) is 0 Å². The maximum atomic E-state index is 11.7. The molecule has 4 rings (SSSR count). The molecule has 2 unspecified atom stereocenters. The highest BCUT2D eigenvalue weighted by atomic mass is 16.5. The highest BCUT2D eigenvalue weighted by molar-refractivity contribution is 5.85. The van der Waals surface area contributed by atoms with E-state index < -0.39 is 0 Å². The van der Waals surface area contributed by atoms with Gasteiger partial charge in [0.25, 0.3) is 0 Å². The van der Waals surface area contributed by atoms with E-state index in [0.717, 1.165) is 34.5 Å². The zero-order valence-corrected chi connectivity index (χ0v) is 18.6. The molecule has 0 aliphatic carbocycles. The van der Waals surface area contributed by atoms with Crippen LogP contribution in [-0.4, -0.2) is 47.3 Å². The van der Waals surface area contributed by atoms with Crippen LogP contribution in [-0.2, 0) is 18.3 Å². The summed E-state index contributed by atoms with van der Waals surface area (Å²) in [7, 11) is 5.19. The van der Waals surface area contributed by atoms with Crippen molar-refractivity contribution in [3.8, 4) is 28.6 Å². The highest BCUT2D eigenvalue weighted by Gasteiger charge is 2.29. The molecule has 164 valence electrons. The monoisotopic (exact) mass is 424 g/mol. The minimum atomic E-state index is -0.171. The lowest BCUT2D eigenvalue weighted by Crippen LogP contribution is -2.26. The Labute approximate surface area is 181 Å². The minimum Gasteiger partial charge on any atom is -0.493 e. The number of fused-ring (bicyclic) bond motifs is 1. The fourth-order valence-electron chi connectivity index (χ4n) is 4.02. The number of ether oxygens (including phenoxy) is 3. The van der Waals surface area contributed by atoms with Crippen LogP contribution in [0.2, 0.25) is 0 Å². The number of pyridine rings is 1. The Balaban J connectivity index is 1.80. The van der Waals surface area contributed by atoms with Crippen molar-refractivity contribution in [1.82, 2.24) is 19.9 Å². The molecule has 0 bridgehead atoms. The summed E-state index contributed by atoms with van der Waals surface area (Å²) in [6.45, 7) is 4.67. The number of aryl methyl sites for hydroxylation is 2. The van der Waals surface area contributed by atoms with Crippen molar-refractivity contribution < 1.29 is 19.0 Å². The molecule has 8 nitrogen and oxygen atoms in total. The number of nitrogens with zero attached hydrogens (tertiary/aromatic N) is 3. The van der Waals surface area contributed by atoms with Gasteiger partial charge in [0, 0.05) is 37.9 Å². The number of imidazole rings is 1. The largest absolute Gasteiger partial charge is 0.493 e. The summed E-state index contributed by atoms with van der Waals surface area (Å²) in [6, 6.07) is 7.65. The summed E-state index contributed by atoms with van der Waals surface area (Å²) in [4.78, 5) is 21.3. The minimum absolute atomic E-state index is 0.0615. The van der Waals surface area contributed by atoms with Crippen molar-refractivity contribution in [1.29, 1.82) is 0 Å². The second-order valence-corrected chi connectivity index (χ2v) is 7.78. The Kier molecular flexibility index (Phi) is 5.71. The zero-order valence-electron chi connectivity index (χ0n) is 18.6. The van der Waals surface area contributed by atoms with Gasteiger partial charge in [-0.1, -0.05) is 6.92 Å². The van der Waals surface area contributed by atoms with Gasteiger partial charge in [-0.3, -0.25) is 4.79 Å². The van der Waals surface area contributed by atoms with E-state index in [4.69, 9.17) is 24.2 Å². The summed E-state index contributed by atoms with van der Waals surface area (Å²) >= 11 is 0. The molecule has 0 radical (unpaired) electrons. The van der Waals surface area contributed by atoms with Crippen LogP contribution < -0.4 is 19.5 Å². The van der Waals surface area contributed by atoms with Crippen LogP contribution in [0.4, 0.5) is 0 Å². The number of rotatable bonds is 7. The Bertz CT molecular complexity index is 1120. The van der Waals surface area contributed by atoms with Gasteiger partial charge in [-0.05, 0) is 31.2 Å². The molecule has 1 N–H and O–H groups in total. The number of methoxy groups -OCH3 is 2. The molecular formula is C23H28N4O4. The molecule has 3 aromatic rings. The fourth-order valence-corrected chi connectivity index (χ4v) is 4.02. The van der Waals surface area contributed by atoms with Crippen molar-refractivity contribution in [3.05, 3.63) is 30.1 Å². The third-order valence-electron chi connectivity index (χ3n) is 5.88. The van der Waals surface area contributed by atoms with Gasteiger partial charge >= 0.3 is 0 Å². The van der Waals surface area contributed by atoms with E-state index in [1.54, 1.807) is 14.2 Å². The molecule has 1 amide bonds. The summed E-state index contributed by atoms with van der Waals surface area (Å²) in [5.41, 5.74) is 3.28. The molecular weight excluding hydrogens is 396 g/mol. The van der Waals surface area contributed by atoms with Crippen LogP contribution in [0.5, 0.6) is 17.4 Å². The number of benzene rings is 1. The van der Waals surface area contributed by atoms with Gasteiger partial charge in [0.05, 0.1) is 25.4 Å². The van der Waals surface area contributed by atoms with E-state index in [2.05, 4.69) is 12.2 Å². The van der Waals surface area contributed by atoms with Crippen LogP contribution >= 0.6 is 0 Å². The van der Waals surface area contributed by atoms with Crippen LogP contribution in [0.25, 0.3) is 22.3 Å². The molecule has 1 aliphatic rings. The van der Waals surface area contributed by atoms with E-state index in [1.807, 2.05) is 42.8 Å². The molecule has 0 spiro atoms. The van der Waals surface area contributed by atoms with E-state index in [9.17, 15) is 4.79 Å². The number of carbonyl (C=O) groups is 1. The maximum Gasteiger partial charge on any atom is 0.241 e. The molecule has 1 saturated heterocycles. The summed E-state index contributed by atoms with van der Waals surface area (Å²) in [5, 5.41) is 2.88. The lowest BCUT2D eigenvalue weighted by molar-refractivity contribution is -0.119. The van der Waals surface area contributed by atoms with Gasteiger partial charge in [-0.25, -0.2) is 9.97 Å². The Hall–Kier alpha value is -3.29. The Morgan fingerprint density at radius 1 is 1.19 bits per heavy atom. The first-order chi connectivity index (χ1) is 14.9. The van der Waals surface area contributed by atoms with Crippen molar-refractivity contribution >= 4 is 16.9 Å². The summed E-state index contributed by atoms with van der Waals surface area (Å²) in [6.07, 6.45) is 1.09. The molecule has 1 aromatic carbocycles. The number of carbonyl (C=O) groups excluding carboxylic acids is 1. The van der Waals surface area contributed by atoms with E-state index in [0.29, 0.717) is 30.3 Å². The first-order valence-corrected chi connectivity index (χ1v) is 10.5. The van der Waals surface area contributed by atoms with Crippen LogP contribution in [0, 0.1) is 5.92 Å². The molecule has 2 aromatic heterocycles. The SMILES string of the molecule is CCc1nc2cc(-c3ccc(OC)c(OC)c3)nc(OC(C)C3CNC(=O)C3)c2n1C. The number of hydrogen-bond donors (Lipinski definition) is 1. The quantitative estimate of drug-likeness (QED) is 0.627. The van der Waals surface area contributed by atoms with Gasteiger partial charge in [0.1, 0.15) is 17.4 Å². The topological polar surface area (TPSA) is 87.5 Å². The average Bonchev–Trinajstić information content (AvgIpc) is 3.36. The molecule has 31 heavy (non-hydrogen) atoms. The lowest BCUT2D eigenvalue weighted by atomic mass is 10.0. The second-order valence-electron chi connectivity index (χ2n) is 7.78. The standard InChI is InChI=1S/C23H28N4O4/c1-6-20-25-17-11-16(14-7-8-18(29-4)19(9-14)30-5)26-23(22(17)27(20)3)31-13(2)15-10-21(28)24-12-15/h7-9,11,13,15H,6,10,12H2,1-5H3,(H,24,28). The number of hydrogen-bond acceptors (Lipinski definition) is 6. The lowest BCUT2D eigenvalue weighted by Gasteiger charge is -2.20. The molecule has 3 heterocycles. The average molecular weight is 425 g/mol. The number of aromatic nitrogens is 3. The fraction of sp³-hybridized carbons (Fsp3) is 0.435. The first-order valence-electron chi connectivity index (χ1n) is 10.5. The van der Waals surface area contributed by atoms with E-state index in [1.165, 1.54) is 0 Å². The predicted octanol–water partition coefficient (Wildman–Crippen LogP) is 3.12. The Morgan fingerprint density at radius 3 is 2.61 bits per heavy atom. The van der Waals surface area contributed by atoms with E-state index >= 15 is 0 Å². The summed E-state index contributed by atoms with van der Waals surface area (Å²) < 4.78 is 19.2. The van der Waals surface area contributed by atoms with Gasteiger partial charge in [-0.2, -0.15) is 0 Å². The maximum absolute atomic E-state index is 11.7. The molecule has 8 heteroatoms. The van der Waals surface area contributed by atoms with Gasteiger partial charge in [0.2, 0.25) is 11.8 Å². The van der Waals surface area contributed by atoms with Crippen LogP contribution in [0.1, 0.15) is 26.1 Å². The van der Waals surface area contributed by atoms with Crippen molar-refractivity contribution in [2.75, 3.05) is 20.8 Å². The van der Waals surface area contributed by atoms with Crippen molar-refractivity contribution in [2.24, 2.45) is 13.0 Å². The third kappa shape index (κ3) is 3.89. The van der Waals surface area contributed by atoms with Crippen molar-refractivity contribution in [3.63, 3.8) is 0 Å². The molecule has 2 atom stereocenters. The van der Waals surface area contributed by atoms with Crippen molar-refractivity contribution in [2.45, 2.75) is 32.8 Å². The smallest absolute Gasteiger partial charge is 0.241 e. The normalized spacial score (nSPS) is 16.9. The zero-order chi connectivity index (χ0) is 22.1. The second kappa shape index (κ2) is 8.45. The highest BCUT2D eigenvalue weighted by Crippen LogP contribution is 2.35. The Morgan fingerprint density at radius 2 is 1.97 bits per heavy atom. The van der Waals surface area contributed by atoms with Crippen LogP contribution in [0.15, 0.2) is 24.3 Å². The number of amides is 1. The van der Waals surface area contributed by atoms with E-state index in [-0.39, 0.29) is 17.9 Å². The molecule has 1 aliphatic heterocycles. The van der Waals surface area contributed by atoms with Gasteiger partial charge < -0.3 is 24.1 Å². The first kappa shape index (κ1) is 21.0. The predicted molar refractivity (Wildman–Crippen MR) is 118 cm³/mol. The number of nitrogens with one attached hydrogen (secondary N) is 1. The molecule has 1 fully saturated rings. The molecule has 0 saturated carbocycles. The summed E-state index contributed by atoms with van der Waals surface area (Å²) in [5.74, 6) is 2.92. The van der Waals surface area contributed by atoms with Gasteiger partial charge in [0.15, 0.2) is 11.5 Å².